The van der Waals surface area contributed by atoms with Gasteiger partial charge in [-0.25, -0.2) is 9.97 Å². The summed E-state index contributed by atoms with van der Waals surface area (Å²) in [6.07, 6.45) is 3.94. The van der Waals surface area contributed by atoms with Crippen LogP contribution in [0.4, 0.5) is 0 Å². The van der Waals surface area contributed by atoms with Crippen LogP contribution in [0.5, 0.6) is 0 Å². The van der Waals surface area contributed by atoms with Crippen molar-refractivity contribution in [3.63, 3.8) is 0 Å². The Hall–Kier alpha value is -1.80. The van der Waals surface area contributed by atoms with Crippen LogP contribution in [-0.4, -0.2) is 34.4 Å². The highest BCUT2D eigenvalue weighted by atomic mass is 32.1. The Morgan fingerprint density at radius 2 is 1.58 bits per heavy atom. The lowest BCUT2D eigenvalue weighted by atomic mass is 10.0. The molecule has 0 aliphatic rings. The lowest BCUT2D eigenvalue weighted by molar-refractivity contribution is 0.0907. The molecule has 2 aromatic rings. The SMILES string of the molecule is Cc1ncc(C(=O)NCC(CC(C)C)NC(=O)c2cnc(C)s2)s1. The Morgan fingerprint density at radius 3 is 2.04 bits per heavy atom. The fourth-order valence-corrected chi connectivity index (χ4v) is 3.63. The molecule has 8 heteroatoms. The van der Waals surface area contributed by atoms with Gasteiger partial charge in [-0.1, -0.05) is 13.8 Å². The van der Waals surface area contributed by atoms with Crippen molar-refractivity contribution in [2.75, 3.05) is 6.54 Å². The zero-order valence-electron chi connectivity index (χ0n) is 14.3. The van der Waals surface area contributed by atoms with Gasteiger partial charge in [0.1, 0.15) is 9.75 Å². The van der Waals surface area contributed by atoms with E-state index in [0.717, 1.165) is 16.4 Å². The Labute approximate surface area is 149 Å². The van der Waals surface area contributed by atoms with E-state index in [2.05, 4.69) is 34.4 Å². The predicted octanol–water partition coefficient (Wildman–Crippen LogP) is 2.79. The van der Waals surface area contributed by atoms with E-state index in [-0.39, 0.29) is 17.9 Å². The summed E-state index contributed by atoms with van der Waals surface area (Å²) in [7, 11) is 0. The molecular formula is C16H22N4O2S2. The summed E-state index contributed by atoms with van der Waals surface area (Å²) in [4.78, 5) is 33.8. The summed E-state index contributed by atoms with van der Waals surface area (Å²) in [6, 6.07) is -0.127. The number of thiazole rings is 2. The van der Waals surface area contributed by atoms with E-state index in [1.54, 1.807) is 12.4 Å². The molecule has 2 rings (SSSR count). The van der Waals surface area contributed by atoms with Crippen LogP contribution in [0.2, 0.25) is 0 Å². The van der Waals surface area contributed by atoms with Crippen LogP contribution in [0.15, 0.2) is 12.4 Å². The molecule has 6 nitrogen and oxygen atoms in total. The first-order valence-corrected chi connectivity index (χ1v) is 9.42. The van der Waals surface area contributed by atoms with Crippen LogP contribution in [0, 0.1) is 19.8 Å². The predicted molar refractivity (Wildman–Crippen MR) is 96.7 cm³/mol. The quantitative estimate of drug-likeness (QED) is 0.789. The lowest BCUT2D eigenvalue weighted by Gasteiger charge is -2.20. The van der Waals surface area contributed by atoms with Crippen molar-refractivity contribution in [1.82, 2.24) is 20.6 Å². The minimum absolute atomic E-state index is 0.127. The second kappa shape index (κ2) is 8.34. The van der Waals surface area contributed by atoms with Crippen LogP contribution in [-0.2, 0) is 0 Å². The summed E-state index contributed by atoms with van der Waals surface area (Å²) in [5, 5.41) is 7.59. The molecule has 0 aliphatic carbocycles. The molecule has 0 bridgehead atoms. The van der Waals surface area contributed by atoms with Crippen molar-refractivity contribution >= 4 is 34.5 Å². The van der Waals surface area contributed by atoms with E-state index in [0.29, 0.717) is 22.2 Å². The molecule has 0 radical (unpaired) electrons. The smallest absolute Gasteiger partial charge is 0.263 e. The number of aromatic nitrogens is 2. The monoisotopic (exact) mass is 366 g/mol. The van der Waals surface area contributed by atoms with E-state index in [1.807, 2.05) is 13.8 Å². The zero-order valence-corrected chi connectivity index (χ0v) is 15.9. The summed E-state index contributed by atoms with van der Waals surface area (Å²) in [6.45, 7) is 8.29. The zero-order chi connectivity index (χ0) is 17.7. The molecule has 0 aliphatic heterocycles. The van der Waals surface area contributed by atoms with Crippen molar-refractivity contribution < 1.29 is 9.59 Å². The fourth-order valence-electron chi connectivity index (χ4n) is 2.25. The minimum Gasteiger partial charge on any atom is -0.349 e. The molecule has 0 spiro atoms. The van der Waals surface area contributed by atoms with Gasteiger partial charge < -0.3 is 10.6 Å². The van der Waals surface area contributed by atoms with Gasteiger partial charge in [-0.05, 0) is 26.2 Å². The van der Waals surface area contributed by atoms with Gasteiger partial charge in [0, 0.05) is 12.6 Å². The molecule has 24 heavy (non-hydrogen) atoms. The van der Waals surface area contributed by atoms with E-state index >= 15 is 0 Å². The third-order valence-electron chi connectivity index (χ3n) is 3.29. The maximum absolute atomic E-state index is 12.3. The number of amides is 2. The largest absolute Gasteiger partial charge is 0.349 e. The number of rotatable bonds is 7. The average Bonchev–Trinajstić information content (AvgIpc) is 3.12. The highest BCUT2D eigenvalue weighted by Gasteiger charge is 2.18. The molecule has 0 saturated carbocycles. The van der Waals surface area contributed by atoms with Crippen molar-refractivity contribution in [3.8, 4) is 0 Å². The van der Waals surface area contributed by atoms with Crippen LogP contribution in [0.1, 0.15) is 49.6 Å². The molecule has 2 heterocycles. The molecule has 1 atom stereocenters. The third-order valence-corrected chi connectivity index (χ3v) is 5.11. The number of aryl methyl sites for hydroxylation is 2. The van der Waals surface area contributed by atoms with Gasteiger partial charge in [0.25, 0.3) is 11.8 Å². The van der Waals surface area contributed by atoms with Crippen LogP contribution < -0.4 is 10.6 Å². The second-order valence-electron chi connectivity index (χ2n) is 6.00. The molecule has 0 fully saturated rings. The van der Waals surface area contributed by atoms with Gasteiger partial charge in [-0.3, -0.25) is 9.59 Å². The van der Waals surface area contributed by atoms with E-state index in [1.165, 1.54) is 22.7 Å². The standard InChI is InChI=1S/C16H22N4O2S2/c1-9(2)5-12(20-16(22)14-8-18-11(4)24-14)6-19-15(21)13-7-17-10(3)23-13/h7-9,12H,5-6H2,1-4H3,(H,19,21)(H,20,22). The molecule has 2 aromatic heterocycles. The van der Waals surface area contributed by atoms with Crippen molar-refractivity contribution in [3.05, 3.63) is 32.2 Å². The number of hydrogen-bond acceptors (Lipinski definition) is 6. The summed E-state index contributed by atoms with van der Waals surface area (Å²) >= 11 is 2.72. The first-order valence-electron chi connectivity index (χ1n) is 7.79. The first-order chi connectivity index (χ1) is 11.3. The Kier molecular flexibility index (Phi) is 6.44. The highest BCUT2D eigenvalue weighted by molar-refractivity contribution is 7.13. The molecule has 0 aromatic carbocycles. The number of carbonyl (C=O) groups excluding carboxylic acids is 2. The molecule has 0 saturated heterocycles. The molecule has 2 amide bonds. The summed E-state index contributed by atoms with van der Waals surface area (Å²) in [5.41, 5.74) is 0. The number of nitrogens with zero attached hydrogens (tertiary/aromatic N) is 2. The first kappa shape index (κ1) is 18.5. The molecular weight excluding hydrogens is 344 g/mol. The molecule has 2 N–H and O–H groups in total. The van der Waals surface area contributed by atoms with Gasteiger partial charge in [0.05, 0.1) is 22.4 Å². The van der Waals surface area contributed by atoms with Crippen LogP contribution in [0.25, 0.3) is 0 Å². The average molecular weight is 367 g/mol. The van der Waals surface area contributed by atoms with E-state index in [4.69, 9.17) is 0 Å². The summed E-state index contributed by atoms with van der Waals surface area (Å²) in [5.74, 6) is 0.104. The Bertz CT molecular complexity index is 709. The van der Waals surface area contributed by atoms with Crippen LogP contribution in [0.3, 0.4) is 0 Å². The number of carbonyl (C=O) groups is 2. The normalized spacial score (nSPS) is 12.2. The fraction of sp³-hybridized carbons (Fsp3) is 0.500. The van der Waals surface area contributed by atoms with Gasteiger partial charge in [0.2, 0.25) is 0 Å². The Balaban J connectivity index is 1.95. The van der Waals surface area contributed by atoms with Gasteiger partial charge >= 0.3 is 0 Å². The molecule has 1 unspecified atom stereocenters. The van der Waals surface area contributed by atoms with E-state index in [9.17, 15) is 9.59 Å². The van der Waals surface area contributed by atoms with Crippen molar-refractivity contribution in [2.45, 2.75) is 40.2 Å². The van der Waals surface area contributed by atoms with Gasteiger partial charge in [0.15, 0.2) is 0 Å². The topological polar surface area (TPSA) is 84.0 Å². The molecule has 130 valence electrons. The van der Waals surface area contributed by atoms with Gasteiger partial charge in [-0.2, -0.15) is 0 Å². The lowest BCUT2D eigenvalue weighted by Crippen LogP contribution is -2.44. The number of nitrogens with one attached hydrogen (secondary N) is 2. The maximum atomic E-state index is 12.3. The Morgan fingerprint density at radius 1 is 1.04 bits per heavy atom. The minimum atomic E-state index is -0.155. The summed E-state index contributed by atoms with van der Waals surface area (Å²) < 4.78 is 0. The van der Waals surface area contributed by atoms with Crippen molar-refractivity contribution in [1.29, 1.82) is 0 Å². The third kappa shape index (κ3) is 5.38. The van der Waals surface area contributed by atoms with Gasteiger partial charge in [-0.15, -0.1) is 22.7 Å². The van der Waals surface area contributed by atoms with Crippen molar-refractivity contribution in [2.24, 2.45) is 5.92 Å². The van der Waals surface area contributed by atoms with E-state index < -0.39 is 0 Å². The maximum Gasteiger partial charge on any atom is 0.263 e. The van der Waals surface area contributed by atoms with Crippen LogP contribution >= 0.6 is 22.7 Å². The number of hydrogen-bond donors (Lipinski definition) is 2. The highest BCUT2D eigenvalue weighted by Crippen LogP contribution is 2.13. The second-order valence-corrected chi connectivity index (χ2v) is 8.47.